The Hall–Kier alpha value is -2.62. The molecule has 0 amide bonds. The van der Waals surface area contributed by atoms with E-state index in [1.54, 1.807) is 0 Å². The molecule has 2 aromatic carbocycles. The van der Waals surface area contributed by atoms with E-state index in [1.165, 1.54) is 16.8 Å². The van der Waals surface area contributed by atoms with Crippen molar-refractivity contribution >= 4 is 5.69 Å². The summed E-state index contributed by atoms with van der Waals surface area (Å²) in [5.41, 5.74) is 7.05. The second-order valence-electron chi connectivity index (χ2n) is 6.50. The molecular formula is C22H28N4. The summed E-state index contributed by atoms with van der Waals surface area (Å²) in [5, 5.41) is 8.96. The Labute approximate surface area is 156 Å². The van der Waals surface area contributed by atoms with Crippen LogP contribution in [0.3, 0.4) is 0 Å². The minimum absolute atomic E-state index is 0.405. The predicted molar refractivity (Wildman–Crippen MR) is 109 cm³/mol. The van der Waals surface area contributed by atoms with Crippen molar-refractivity contribution in [2.45, 2.75) is 53.8 Å². The summed E-state index contributed by atoms with van der Waals surface area (Å²) in [7, 11) is 0. The zero-order valence-electron chi connectivity index (χ0n) is 16.4. The molecule has 0 radical (unpaired) electrons. The first-order valence-electron chi connectivity index (χ1n) is 9.58. The van der Waals surface area contributed by atoms with E-state index in [2.05, 4.69) is 84.5 Å². The lowest BCUT2D eigenvalue weighted by Gasteiger charge is -2.33. The standard InChI is InChI=1S/C20H22N4.C2H6/c1-4-24-20-16-10-6-5-9-15(16)13-23(14(2)3)18-12-8-7-11-17(18)19(20)21-22-24;1-2/h5-12,14H,4,13H2,1-3H3;1-2H3. The molecule has 4 rings (SSSR count). The molecule has 3 aromatic rings. The molecule has 0 atom stereocenters. The van der Waals surface area contributed by atoms with Crippen molar-refractivity contribution in [3.8, 4) is 22.5 Å². The van der Waals surface area contributed by atoms with Crippen molar-refractivity contribution in [3.63, 3.8) is 0 Å². The number of hydrogen-bond acceptors (Lipinski definition) is 3. The number of rotatable bonds is 2. The topological polar surface area (TPSA) is 34.0 Å². The molecule has 0 unspecified atom stereocenters. The van der Waals surface area contributed by atoms with E-state index in [1.807, 2.05) is 18.5 Å². The van der Waals surface area contributed by atoms with Crippen LogP contribution in [-0.2, 0) is 13.1 Å². The highest BCUT2D eigenvalue weighted by Gasteiger charge is 2.26. The molecule has 4 heteroatoms. The predicted octanol–water partition coefficient (Wildman–Crippen LogP) is 5.39. The fourth-order valence-corrected chi connectivity index (χ4v) is 3.53. The van der Waals surface area contributed by atoms with Crippen LogP contribution in [0.5, 0.6) is 0 Å². The van der Waals surface area contributed by atoms with Gasteiger partial charge in [0.15, 0.2) is 0 Å². The van der Waals surface area contributed by atoms with E-state index in [0.29, 0.717) is 6.04 Å². The van der Waals surface area contributed by atoms with Gasteiger partial charge in [-0.2, -0.15) is 0 Å². The number of aryl methyl sites for hydroxylation is 1. The second-order valence-corrected chi connectivity index (χ2v) is 6.50. The van der Waals surface area contributed by atoms with Crippen molar-refractivity contribution in [1.82, 2.24) is 15.0 Å². The van der Waals surface area contributed by atoms with E-state index in [9.17, 15) is 0 Å². The Morgan fingerprint density at radius 1 is 0.962 bits per heavy atom. The van der Waals surface area contributed by atoms with E-state index in [-0.39, 0.29) is 0 Å². The lowest BCUT2D eigenvalue weighted by atomic mass is 9.95. The Morgan fingerprint density at radius 2 is 1.62 bits per heavy atom. The van der Waals surface area contributed by atoms with Gasteiger partial charge in [-0.05, 0) is 32.4 Å². The van der Waals surface area contributed by atoms with Gasteiger partial charge in [-0.25, -0.2) is 4.68 Å². The number of para-hydroxylation sites is 1. The van der Waals surface area contributed by atoms with Gasteiger partial charge in [0.05, 0.1) is 5.69 Å². The maximum absolute atomic E-state index is 4.55. The van der Waals surface area contributed by atoms with Gasteiger partial charge in [-0.3, -0.25) is 0 Å². The van der Waals surface area contributed by atoms with E-state index in [0.717, 1.165) is 30.0 Å². The van der Waals surface area contributed by atoms with Gasteiger partial charge >= 0.3 is 0 Å². The fourth-order valence-electron chi connectivity index (χ4n) is 3.53. The van der Waals surface area contributed by atoms with Crippen LogP contribution in [-0.4, -0.2) is 21.0 Å². The summed E-state index contributed by atoms with van der Waals surface area (Å²) in [6, 6.07) is 17.6. The normalized spacial score (nSPS) is 12.3. The first-order valence-corrected chi connectivity index (χ1v) is 9.58. The van der Waals surface area contributed by atoms with Crippen LogP contribution in [0.1, 0.15) is 40.2 Å². The number of benzene rings is 2. The molecule has 1 aliphatic heterocycles. The number of hydrogen-bond donors (Lipinski definition) is 0. The largest absolute Gasteiger partial charge is 0.364 e. The average molecular weight is 348 g/mol. The van der Waals surface area contributed by atoms with Gasteiger partial charge < -0.3 is 4.90 Å². The van der Waals surface area contributed by atoms with Crippen molar-refractivity contribution in [2.24, 2.45) is 0 Å². The number of anilines is 1. The molecule has 26 heavy (non-hydrogen) atoms. The molecule has 0 N–H and O–H groups in total. The van der Waals surface area contributed by atoms with Crippen LogP contribution >= 0.6 is 0 Å². The summed E-state index contributed by atoms with van der Waals surface area (Å²) in [6.07, 6.45) is 0. The third kappa shape index (κ3) is 3.00. The smallest absolute Gasteiger partial charge is 0.123 e. The van der Waals surface area contributed by atoms with Crippen molar-refractivity contribution in [1.29, 1.82) is 0 Å². The van der Waals surface area contributed by atoms with Gasteiger partial charge in [0, 0.05) is 35.9 Å². The van der Waals surface area contributed by atoms with Crippen LogP contribution in [0, 0.1) is 0 Å². The minimum atomic E-state index is 0.405. The summed E-state index contributed by atoms with van der Waals surface area (Å²) in [5.74, 6) is 0. The fraction of sp³-hybridized carbons (Fsp3) is 0.364. The van der Waals surface area contributed by atoms with Gasteiger partial charge in [0.1, 0.15) is 5.69 Å². The number of aromatic nitrogens is 3. The van der Waals surface area contributed by atoms with Gasteiger partial charge in [-0.15, -0.1) is 5.10 Å². The number of fused-ring (bicyclic) bond motifs is 5. The maximum Gasteiger partial charge on any atom is 0.123 e. The molecular weight excluding hydrogens is 320 g/mol. The van der Waals surface area contributed by atoms with Crippen LogP contribution in [0.15, 0.2) is 48.5 Å². The summed E-state index contributed by atoms with van der Waals surface area (Å²) in [6.45, 7) is 12.3. The molecule has 136 valence electrons. The maximum atomic E-state index is 4.55. The highest BCUT2D eigenvalue weighted by molar-refractivity contribution is 5.88. The zero-order chi connectivity index (χ0) is 18.7. The van der Waals surface area contributed by atoms with E-state index in [4.69, 9.17) is 0 Å². The minimum Gasteiger partial charge on any atom is -0.364 e. The van der Waals surface area contributed by atoms with Crippen molar-refractivity contribution in [2.75, 3.05) is 4.90 Å². The molecule has 1 aliphatic rings. The van der Waals surface area contributed by atoms with Crippen LogP contribution < -0.4 is 4.90 Å². The van der Waals surface area contributed by atoms with Crippen LogP contribution in [0.25, 0.3) is 22.5 Å². The summed E-state index contributed by atoms with van der Waals surface area (Å²) >= 11 is 0. The van der Waals surface area contributed by atoms with Gasteiger partial charge in [0.25, 0.3) is 0 Å². The Balaban J connectivity index is 0.000000948. The quantitative estimate of drug-likeness (QED) is 0.623. The van der Waals surface area contributed by atoms with Crippen LogP contribution in [0.2, 0.25) is 0 Å². The third-order valence-corrected chi connectivity index (χ3v) is 4.74. The molecule has 0 bridgehead atoms. The first-order chi connectivity index (χ1) is 12.7. The average Bonchev–Trinajstić information content (AvgIpc) is 3.10. The van der Waals surface area contributed by atoms with Gasteiger partial charge in [0.2, 0.25) is 0 Å². The molecule has 0 spiro atoms. The molecule has 0 saturated heterocycles. The second kappa shape index (κ2) is 7.73. The lowest BCUT2D eigenvalue weighted by molar-refractivity contribution is 0.632. The molecule has 4 nitrogen and oxygen atoms in total. The summed E-state index contributed by atoms with van der Waals surface area (Å²) < 4.78 is 2.01. The van der Waals surface area contributed by atoms with E-state index < -0.39 is 0 Å². The first kappa shape index (κ1) is 18.2. The van der Waals surface area contributed by atoms with Gasteiger partial charge in [-0.1, -0.05) is 61.5 Å². The monoisotopic (exact) mass is 348 g/mol. The summed E-state index contributed by atoms with van der Waals surface area (Å²) in [4.78, 5) is 2.45. The van der Waals surface area contributed by atoms with E-state index >= 15 is 0 Å². The highest BCUT2D eigenvalue weighted by Crippen LogP contribution is 2.41. The molecule has 0 fully saturated rings. The SMILES string of the molecule is CC.CCn1nnc2c1-c1ccccc1CN(C(C)C)c1ccccc1-2. The van der Waals surface area contributed by atoms with Crippen LogP contribution in [0.4, 0.5) is 5.69 Å². The molecule has 0 aliphatic carbocycles. The molecule has 1 aromatic heterocycles. The Morgan fingerprint density at radius 3 is 2.31 bits per heavy atom. The van der Waals surface area contributed by atoms with Crippen molar-refractivity contribution < 1.29 is 0 Å². The third-order valence-electron chi connectivity index (χ3n) is 4.74. The van der Waals surface area contributed by atoms with Crippen molar-refractivity contribution in [3.05, 3.63) is 54.1 Å². The number of nitrogens with zero attached hydrogens (tertiary/aromatic N) is 4. The Bertz CT molecular complexity index is 879. The Kier molecular flexibility index (Phi) is 5.40. The molecule has 0 saturated carbocycles. The highest BCUT2D eigenvalue weighted by atomic mass is 15.4. The lowest BCUT2D eigenvalue weighted by Crippen LogP contribution is -2.31. The zero-order valence-corrected chi connectivity index (χ0v) is 16.4. The molecule has 2 heterocycles.